The summed E-state index contributed by atoms with van der Waals surface area (Å²) in [6.07, 6.45) is 3.21. The van der Waals surface area contributed by atoms with Crippen molar-refractivity contribution in [2.45, 2.75) is 47.0 Å². The fraction of sp³-hybridized carbons (Fsp3) is 0.900. The Balaban J connectivity index is 4.05. The Labute approximate surface area is 76.0 Å². The van der Waals surface area contributed by atoms with Gasteiger partial charge in [-0.05, 0) is 18.3 Å². The molecule has 0 fully saturated rings. The van der Waals surface area contributed by atoms with E-state index in [1.54, 1.807) is 7.11 Å². The van der Waals surface area contributed by atoms with E-state index in [1.807, 2.05) is 0 Å². The van der Waals surface area contributed by atoms with Crippen LogP contribution in [0, 0.1) is 5.41 Å². The standard InChI is InChI=1S/C10H21NO/c1-6-7-9(11-12-5)8-10(2,3)4/h6-8H2,1-5H3/b11-9-. The topological polar surface area (TPSA) is 21.6 Å². The first-order chi connectivity index (χ1) is 5.49. The van der Waals surface area contributed by atoms with Crippen molar-refractivity contribution in [2.24, 2.45) is 10.6 Å². The molecule has 12 heavy (non-hydrogen) atoms. The highest BCUT2D eigenvalue weighted by molar-refractivity contribution is 5.84. The molecule has 2 nitrogen and oxygen atoms in total. The van der Waals surface area contributed by atoms with E-state index in [-0.39, 0.29) is 0 Å². The Kier molecular flexibility index (Phi) is 4.95. The molecule has 0 saturated heterocycles. The van der Waals surface area contributed by atoms with Gasteiger partial charge in [0.2, 0.25) is 0 Å². The second-order valence-corrected chi connectivity index (χ2v) is 4.33. The fourth-order valence-corrected chi connectivity index (χ4v) is 1.20. The summed E-state index contributed by atoms with van der Waals surface area (Å²) in [5.41, 5.74) is 1.49. The van der Waals surface area contributed by atoms with Crippen LogP contribution in [0.25, 0.3) is 0 Å². The zero-order valence-electron chi connectivity index (χ0n) is 8.98. The SMILES string of the molecule is CCC/C(CC(C)(C)C)=N/OC. The second kappa shape index (κ2) is 5.18. The van der Waals surface area contributed by atoms with Crippen LogP contribution >= 0.6 is 0 Å². The highest BCUT2D eigenvalue weighted by Crippen LogP contribution is 2.20. The van der Waals surface area contributed by atoms with Gasteiger partial charge in [-0.2, -0.15) is 0 Å². The molecule has 0 saturated carbocycles. The minimum Gasteiger partial charge on any atom is -0.399 e. The van der Waals surface area contributed by atoms with E-state index in [9.17, 15) is 0 Å². The fourth-order valence-electron chi connectivity index (χ4n) is 1.20. The molecule has 0 radical (unpaired) electrons. The van der Waals surface area contributed by atoms with Crippen LogP contribution in [-0.4, -0.2) is 12.8 Å². The second-order valence-electron chi connectivity index (χ2n) is 4.33. The van der Waals surface area contributed by atoms with Crippen molar-refractivity contribution < 1.29 is 4.84 Å². The summed E-state index contributed by atoms with van der Waals surface area (Å²) in [4.78, 5) is 4.79. The first kappa shape index (κ1) is 11.5. The summed E-state index contributed by atoms with van der Waals surface area (Å²) in [5, 5.41) is 4.02. The van der Waals surface area contributed by atoms with E-state index in [0.717, 1.165) is 19.3 Å². The molecule has 0 aromatic heterocycles. The average molecular weight is 171 g/mol. The van der Waals surface area contributed by atoms with E-state index in [1.165, 1.54) is 5.71 Å². The molecule has 0 aliphatic heterocycles. The van der Waals surface area contributed by atoms with Gasteiger partial charge in [0, 0.05) is 0 Å². The first-order valence-corrected chi connectivity index (χ1v) is 4.58. The summed E-state index contributed by atoms with van der Waals surface area (Å²) in [7, 11) is 1.61. The van der Waals surface area contributed by atoms with Crippen molar-refractivity contribution in [3.05, 3.63) is 0 Å². The molecule has 0 heterocycles. The number of hydrogen-bond donors (Lipinski definition) is 0. The van der Waals surface area contributed by atoms with Crippen LogP contribution in [-0.2, 0) is 4.84 Å². The van der Waals surface area contributed by atoms with Crippen LogP contribution in [0.3, 0.4) is 0 Å². The number of hydrogen-bond acceptors (Lipinski definition) is 2. The molecule has 0 aromatic carbocycles. The number of nitrogens with zero attached hydrogens (tertiary/aromatic N) is 1. The van der Waals surface area contributed by atoms with Gasteiger partial charge in [0.15, 0.2) is 0 Å². The van der Waals surface area contributed by atoms with Crippen LogP contribution in [0.2, 0.25) is 0 Å². The third-order valence-electron chi connectivity index (χ3n) is 1.49. The van der Waals surface area contributed by atoms with E-state index >= 15 is 0 Å². The van der Waals surface area contributed by atoms with Gasteiger partial charge in [-0.1, -0.05) is 39.3 Å². The normalized spacial score (nSPS) is 13.2. The van der Waals surface area contributed by atoms with E-state index in [4.69, 9.17) is 4.84 Å². The predicted octanol–water partition coefficient (Wildman–Crippen LogP) is 3.23. The van der Waals surface area contributed by atoms with Gasteiger partial charge in [0.1, 0.15) is 7.11 Å². The maximum atomic E-state index is 4.79. The van der Waals surface area contributed by atoms with Crippen molar-refractivity contribution in [2.75, 3.05) is 7.11 Å². The largest absolute Gasteiger partial charge is 0.399 e. The van der Waals surface area contributed by atoms with Crippen molar-refractivity contribution in [1.82, 2.24) is 0 Å². The minimum atomic E-state index is 0.312. The molecule has 0 rings (SSSR count). The third-order valence-corrected chi connectivity index (χ3v) is 1.49. The number of rotatable bonds is 4. The summed E-state index contributed by atoms with van der Waals surface area (Å²) in [6.45, 7) is 8.81. The highest BCUT2D eigenvalue weighted by atomic mass is 16.6. The maximum Gasteiger partial charge on any atom is 0.106 e. The van der Waals surface area contributed by atoms with E-state index in [0.29, 0.717) is 5.41 Å². The molecule has 0 amide bonds. The average Bonchev–Trinajstić information content (AvgIpc) is 1.84. The Bertz CT molecular complexity index is 144. The molecule has 72 valence electrons. The Morgan fingerprint density at radius 2 is 1.92 bits per heavy atom. The Morgan fingerprint density at radius 1 is 1.33 bits per heavy atom. The van der Waals surface area contributed by atoms with Gasteiger partial charge in [-0.3, -0.25) is 0 Å². The van der Waals surface area contributed by atoms with Crippen molar-refractivity contribution in [3.8, 4) is 0 Å². The van der Waals surface area contributed by atoms with Gasteiger partial charge in [0.05, 0.1) is 5.71 Å². The zero-order chi connectivity index (χ0) is 9.61. The van der Waals surface area contributed by atoms with E-state index < -0.39 is 0 Å². The summed E-state index contributed by atoms with van der Waals surface area (Å²) in [5.74, 6) is 0. The summed E-state index contributed by atoms with van der Waals surface area (Å²) < 4.78 is 0. The molecule has 2 heteroatoms. The molecule has 0 unspecified atom stereocenters. The molecular weight excluding hydrogens is 150 g/mol. The van der Waals surface area contributed by atoms with Crippen molar-refractivity contribution in [3.63, 3.8) is 0 Å². The minimum absolute atomic E-state index is 0.312. The lowest BCUT2D eigenvalue weighted by molar-refractivity contribution is 0.210. The van der Waals surface area contributed by atoms with Gasteiger partial charge in [-0.25, -0.2) is 0 Å². The lowest BCUT2D eigenvalue weighted by Gasteiger charge is -2.18. The molecule has 0 atom stereocenters. The van der Waals surface area contributed by atoms with Crippen LogP contribution in [0.4, 0.5) is 0 Å². The highest BCUT2D eigenvalue weighted by Gasteiger charge is 2.14. The molecule has 0 N–H and O–H groups in total. The quantitative estimate of drug-likeness (QED) is 0.470. The predicted molar refractivity (Wildman–Crippen MR) is 53.4 cm³/mol. The van der Waals surface area contributed by atoms with Crippen LogP contribution in [0.1, 0.15) is 47.0 Å². The first-order valence-electron chi connectivity index (χ1n) is 4.58. The van der Waals surface area contributed by atoms with Gasteiger partial charge in [0.25, 0.3) is 0 Å². The van der Waals surface area contributed by atoms with Crippen LogP contribution < -0.4 is 0 Å². The maximum absolute atomic E-state index is 4.79. The summed E-state index contributed by atoms with van der Waals surface area (Å²) in [6, 6.07) is 0. The lowest BCUT2D eigenvalue weighted by atomic mass is 9.88. The van der Waals surface area contributed by atoms with Gasteiger partial charge < -0.3 is 4.84 Å². The van der Waals surface area contributed by atoms with Gasteiger partial charge >= 0.3 is 0 Å². The lowest BCUT2D eigenvalue weighted by Crippen LogP contribution is -2.13. The zero-order valence-corrected chi connectivity index (χ0v) is 8.98. The van der Waals surface area contributed by atoms with Crippen molar-refractivity contribution in [1.29, 1.82) is 0 Å². The van der Waals surface area contributed by atoms with Gasteiger partial charge in [-0.15, -0.1) is 0 Å². The number of oxime groups is 1. The monoisotopic (exact) mass is 171 g/mol. The Morgan fingerprint density at radius 3 is 2.25 bits per heavy atom. The van der Waals surface area contributed by atoms with Crippen LogP contribution in [0.5, 0.6) is 0 Å². The van der Waals surface area contributed by atoms with Crippen molar-refractivity contribution >= 4 is 5.71 Å². The molecule has 0 aliphatic rings. The molecule has 0 spiro atoms. The smallest absolute Gasteiger partial charge is 0.106 e. The van der Waals surface area contributed by atoms with Crippen LogP contribution in [0.15, 0.2) is 5.16 Å². The molecule has 0 aliphatic carbocycles. The summed E-state index contributed by atoms with van der Waals surface area (Å²) >= 11 is 0. The van der Waals surface area contributed by atoms with E-state index in [2.05, 4.69) is 32.9 Å². The third kappa shape index (κ3) is 6.20. The molecule has 0 bridgehead atoms. The molecule has 0 aromatic rings. The Hall–Kier alpha value is -0.530. The molecular formula is C10H21NO.